The molecule has 1 aliphatic heterocycles. The molecule has 1 unspecified atom stereocenters. The number of thiophene rings is 1. The number of benzene rings is 1. The van der Waals surface area contributed by atoms with Gasteiger partial charge in [-0.3, -0.25) is 4.79 Å². The molecule has 0 aliphatic carbocycles. The van der Waals surface area contributed by atoms with Crippen molar-refractivity contribution in [1.29, 1.82) is 0 Å². The summed E-state index contributed by atoms with van der Waals surface area (Å²) in [4.78, 5) is 17.2. The van der Waals surface area contributed by atoms with E-state index in [1.807, 2.05) is 31.2 Å². The second-order valence-corrected chi connectivity index (χ2v) is 10.9. The Balaban J connectivity index is 1.35. The summed E-state index contributed by atoms with van der Waals surface area (Å²) in [6.07, 6.45) is 6.13. The molecule has 4 rings (SSSR count). The Morgan fingerprint density at radius 2 is 1.87 bits per heavy atom. The highest BCUT2D eigenvalue weighted by molar-refractivity contribution is 7.91. The Kier molecular flexibility index (Phi) is 6.49. The topological polar surface area (TPSA) is 97.2 Å². The van der Waals surface area contributed by atoms with Crippen LogP contribution in [0, 0.1) is 0 Å². The third kappa shape index (κ3) is 5.03. The molecule has 3 heterocycles. The van der Waals surface area contributed by atoms with Crippen molar-refractivity contribution >= 4 is 27.3 Å². The zero-order valence-corrected chi connectivity index (χ0v) is 18.9. The number of hydrogen-bond donors (Lipinski definition) is 1. The van der Waals surface area contributed by atoms with E-state index in [0.29, 0.717) is 17.3 Å². The van der Waals surface area contributed by atoms with Gasteiger partial charge in [0.25, 0.3) is 10.0 Å². The highest BCUT2D eigenvalue weighted by atomic mass is 32.2. The normalized spacial score (nSPS) is 16.2. The van der Waals surface area contributed by atoms with Crippen LogP contribution in [0.3, 0.4) is 0 Å². The lowest BCUT2D eigenvalue weighted by atomic mass is 10.1. The predicted molar refractivity (Wildman–Crippen MR) is 119 cm³/mol. The lowest BCUT2D eigenvalue weighted by molar-refractivity contribution is -0.121. The van der Waals surface area contributed by atoms with Crippen LogP contribution in [0.1, 0.15) is 42.7 Å². The van der Waals surface area contributed by atoms with Crippen LogP contribution in [0.25, 0.3) is 5.69 Å². The van der Waals surface area contributed by atoms with Gasteiger partial charge in [0.15, 0.2) is 0 Å². The standard InChI is InChI=1S/C21H25N5O3S2/c1-16(17-5-7-18(8-6-17)26-15-22-14-23-26)24-20(27)13-19-9-10-21(30-19)31(28,29)25-11-3-2-4-12-25/h5-10,14-16H,2-4,11-13H2,1H3,(H,24,27). The molecule has 1 aliphatic rings. The van der Waals surface area contributed by atoms with Gasteiger partial charge in [0.05, 0.1) is 18.2 Å². The summed E-state index contributed by atoms with van der Waals surface area (Å²) in [5, 5.41) is 7.08. The summed E-state index contributed by atoms with van der Waals surface area (Å²) in [7, 11) is -3.46. The zero-order valence-electron chi connectivity index (χ0n) is 17.3. The number of aromatic nitrogens is 3. The van der Waals surface area contributed by atoms with E-state index in [4.69, 9.17) is 0 Å². The minimum Gasteiger partial charge on any atom is -0.349 e. The quantitative estimate of drug-likeness (QED) is 0.586. The third-order valence-corrected chi connectivity index (χ3v) is 8.79. The van der Waals surface area contributed by atoms with Gasteiger partial charge in [-0.25, -0.2) is 18.1 Å². The largest absolute Gasteiger partial charge is 0.349 e. The van der Waals surface area contributed by atoms with E-state index in [1.165, 1.54) is 17.7 Å². The average molecular weight is 460 g/mol. The number of carbonyl (C=O) groups is 1. The first kappa shape index (κ1) is 21.7. The fourth-order valence-corrected chi connectivity index (χ4v) is 6.64. The maximum Gasteiger partial charge on any atom is 0.252 e. The monoisotopic (exact) mass is 459 g/mol. The molecule has 1 fully saturated rings. The van der Waals surface area contributed by atoms with E-state index in [0.717, 1.165) is 35.4 Å². The van der Waals surface area contributed by atoms with Crippen LogP contribution in [0.2, 0.25) is 0 Å². The SMILES string of the molecule is CC(NC(=O)Cc1ccc(S(=O)(=O)N2CCCCC2)s1)c1ccc(-n2cncn2)cc1. The number of hydrogen-bond acceptors (Lipinski definition) is 6. The van der Waals surface area contributed by atoms with Crippen LogP contribution in [0.15, 0.2) is 53.3 Å². The molecule has 10 heteroatoms. The van der Waals surface area contributed by atoms with Crippen LogP contribution < -0.4 is 5.32 Å². The highest BCUT2D eigenvalue weighted by Crippen LogP contribution is 2.27. The molecule has 1 amide bonds. The average Bonchev–Trinajstić information content (AvgIpc) is 3.47. The van der Waals surface area contributed by atoms with Gasteiger partial charge in [-0.05, 0) is 49.6 Å². The summed E-state index contributed by atoms with van der Waals surface area (Å²) in [6.45, 7) is 3.07. The fraction of sp³-hybridized carbons (Fsp3) is 0.381. The molecular weight excluding hydrogens is 434 g/mol. The molecule has 31 heavy (non-hydrogen) atoms. The minimum atomic E-state index is -3.46. The Hall–Kier alpha value is -2.56. The van der Waals surface area contributed by atoms with Gasteiger partial charge in [-0.2, -0.15) is 9.40 Å². The molecule has 0 spiro atoms. The Labute approximate surface area is 186 Å². The summed E-state index contributed by atoms with van der Waals surface area (Å²) >= 11 is 1.18. The molecular formula is C21H25N5O3S2. The van der Waals surface area contributed by atoms with Crippen LogP contribution in [0.4, 0.5) is 0 Å². The van der Waals surface area contributed by atoms with E-state index in [2.05, 4.69) is 15.4 Å². The zero-order chi connectivity index (χ0) is 21.8. The Morgan fingerprint density at radius 1 is 1.13 bits per heavy atom. The van der Waals surface area contributed by atoms with Crippen LogP contribution in [0.5, 0.6) is 0 Å². The highest BCUT2D eigenvalue weighted by Gasteiger charge is 2.27. The van der Waals surface area contributed by atoms with Gasteiger partial charge < -0.3 is 5.32 Å². The number of carbonyl (C=O) groups excluding carboxylic acids is 1. The molecule has 1 N–H and O–H groups in total. The van der Waals surface area contributed by atoms with E-state index >= 15 is 0 Å². The summed E-state index contributed by atoms with van der Waals surface area (Å²) in [6, 6.07) is 10.9. The smallest absolute Gasteiger partial charge is 0.252 e. The molecule has 8 nitrogen and oxygen atoms in total. The molecule has 1 saturated heterocycles. The van der Waals surface area contributed by atoms with E-state index < -0.39 is 10.0 Å². The lowest BCUT2D eigenvalue weighted by Gasteiger charge is -2.25. The van der Waals surface area contributed by atoms with Gasteiger partial charge >= 0.3 is 0 Å². The van der Waals surface area contributed by atoms with Crippen LogP contribution in [-0.4, -0.2) is 46.5 Å². The summed E-state index contributed by atoms with van der Waals surface area (Å²) in [5.74, 6) is -0.142. The van der Waals surface area contributed by atoms with Gasteiger partial charge in [0.1, 0.15) is 16.9 Å². The molecule has 2 aromatic heterocycles. The number of nitrogens with one attached hydrogen (secondary N) is 1. The molecule has 3 aromatic rings. The van der Waals surface area contributed by atoms with Gasteiger partial charge in [-0.1, -0.05) is 18.6 Å². The first-order valence-electron chi connectivity index (χ1n) is 10.3. The van der Waals surface area contributed by atoms with Crippen molar-refractivity contribution in [3.63, 3.8) is 0 Å². The van der Waals surface area contributed by atoms with Crippen molar-refractivity contribution < 1.29 is 13.2 Å². The number of sulfonamides is 1. The van der Waals surface area contributed by atoms with Crippen molar-refractivity contribution in [2.45, 2.75) is 42.9 Å². The second-order valence-electron chi connectivity index (χ2n) is 7.58. The van der Waals surface area contributed by atoms with Crippen molar-refractivity contribution in [3.8, 4) is 5.69 Å². The maximum atomic E-state index is 12.8. The predicted octanol–water partition coefficient (Wildman–Crippen LogP) is 2.92. The maximum absolute atomic E-state index is 12.8. The van der Waals surface area contributed by atoms with E-state index in [-0.39, 0.29) is 18.4 Å². The molecule has 0 saturated carbocycles. The van der Waals surface area contributed by atoms with Crippen molar-refractivity contribution in [1.82, 2.24) is 24.4 Å². The van der Waals surface area contributed by atoms with Crippen molar-refractivity contribution in [2.24, 2.45) is 0 Å². The number of rotatable bonds is 7. The summed E-state index contributed by atoms with van der Waals surface area (Å²) < 4.78 is 29.1. The van der Waals surface area contributed by atoms with Crippen LogP contribution >= 0.6 is 11.3 Å². The molecule has 1 atom stereocenters. The molecule has 0 radical (unpaired) electrons. The fourth-order valence-electron chi connectivity index (χ4n) is 3.62. The second kappa shape index (κ2) is 9.29. The van der Waals surface area contributed by atoms with E-state index in [9.17, 15) is 13.2 Å². The number of amides is 1. The van der Waals surface area contributed by atoms with Gasteiger partial charge in [-0.15, -0.1) is 11.3 Å². The lowest BCUT2D eigenvalue weighted by Crippen LogP contribution is -2.35. The molecule has 1 aromatic carbocycles. The van der Waals surface area contributed by atoms with Gasteiger partial charge in [0.2, 0.25) is 5.91 Å². The molecule has 0 bridgehead atoms. The van der Waals surface area contributed by atoms with Crippen molar-refractivity contribution in [3.05, 3.63) is 59.5 Å². The van der Waals surface area contributed by atoms with Gasteiger partial charge in [0, 0.05) is 18.0 Å². The molecule has 164 valence electrons. The Bertz CT molecular complexity index is 1120. The number of nitrogens with zero attached hydrogens (tertiary/aromatic N) is 4. The minimum absolute atomic E-state index is 0.142. The number of piperidine rings is 1. The van der Waals surface area contributed by atoms with Crippen molar-refractivity contribution in [2.75, 3.05) is 13.1 Å². The van der Waals surface area contributed by atoms with E-state index in [1.54, 1.807) is 27.4 Å². The summed E-state index contributed by atoms with van der Waals surface area (Å²) in [5.41, 5.74) is 1.86. The first-order chi connectivity index (χ1) is 14.9. The van der Waals surface area contributed by atoms with Crippen LogP contribution in [-0.2, 0) is 21.2 Å². The first-order valence-corrected chi connectivity index (χ1v) is 12.5. The third-order valence-electron chi connectivity index (χ3n) is 5.33. The Morgan fingerprint density at radius 3 is 2.55 bits per heavy atom.